The average Bonchev–Trinajstić information content (AvgIpc) is 3.09. The Morgan fingerprint density at radius 1 is 1.61 bits per heavy atom. The van der Waals surface area contributed by atoms with Gasteiger partial charge in [0.1, 0.15) is 11.4 Å². The molecule has 0 radical (unpaired) electrons. The summed E-state index contributed by atoms with van der Waals surface area (Å²) in [6.07, 6.45) is 2.33. The number of primary amides is 1. The summed E-state index contributed by atoms with van der Waals surface area (Å²) in [4.78, 5) is 11.7. The van der Waals surface area contributed by atoms with Gasteiger partial charge in [-0.2, -0.15) is 0 Å². The molecule has 0 heterocycles. The molecule has 1 aromatic carbocycles. The third-order valence-electron chi connectivity index (χ3n) is 3.40. The Kier molecular flexibility index (Phi) is 3.59. The first-order valence-electron chi connectivity index (χ1n) is 5.94. The molecule has 0 bridgehead atoms. The molecule has 0 saturated heterocycles. The molecule has 1 aliphatic carbocycles. The quantitative estimate of drug-likeness (QED) is 0.862. The highest BCUT2D eigenvalue weighted by Crippen LogP contribution is 2.32. The predicted octanol–water partition coefficient (Wildman–Crippen LogP) is 2.18. The zero-order valence-corrected chi connectivity index (χ0v) is 10.9. The summed E-state index contributed by atoms with van der Waals surface area (Å²) >= 11 is 6.00. The van der Waals surface area contributed by atoms with Crippen LogP contribution in [0.2, 0.25) is 5.02 Å². The van der Waals surface area contributed by atoms with Crippen molar-refractivity contribution >= 4 is 17.5 Å². The Labute approximate surface area is 111 Å². The SMILES string of the molecule is CC(NCC1CC1)(C(N)=O)c1ccc(F)cc1Cl. The van der Waals surface area contributed by atoms with Crippen molar-refractivity contribution in [3.8, 4) is 0 Å². The summed E-state index contributed by atoms with van der Waals surface area (Å²) in [6.45, 7) is 2.39. The van der Waals surface area contributed by atoms with Crippen LogP contribution in [0.1, 0.15) is 25.3 Å². The number of hydrogen-bond donors (Lipinski definition) is 2. The van der Waals surface area contributed by atoms with Gasteiger partial charge in [-0.15, -0.1) is 0 Å². The molecule has 1 saturated carbocycles. The van der Waals surface area contributed by atoms with Gasteiger partial charge in [-0.3, -0.25) is 10.1 Å². The van der Waals surface area contributed by atoms with E-state index in [1.165, 1.54) is 31.0 Å². The largest absolute Gasteiger partial charge is 0.368 e. The Bertz CT molecular complexity index is 476. The molecule has 18 heavy (non-hydrogen) atoms. The van der Waals surface area contributed by atoms with E-state index in [9.17, 15) is 9.18 Å². The van der Waals surface area contributed by atoms with Crippen molar-refractivity contribution in [2.24, 2.45) is 11.7 Å². The average molecular weight is 271 g/mol. The van der Waals surface area contributed by atoms with Crippen molar-refractivity contribution < 1.29 is 9.18 Å². The highest BCUT2D eigenvalue weighted by atomic mass is 35.5. The third-order valence-corrected chi connectivity index (χ3v) is 3.72. The van der Waals surface area contributed by atoms with Gasteiger partial charge < -0.3 is 5.73 Å². The minimum Gasteiger partial charge on any atom is -0.368 e. The summed E-state index contributed by atoms with van der Waals surface area (Å²) in [5.74, 6) is -0.350. The van der Waals surface area contributed by atoms with Crippen molar-refractivity contribution in [1.82, 2.24) is 5.32 Å². The van der Waals surface area contributed by atoms with Crippen LogP contribution in [0, 0.1) is 11.7 Å². The van der Waals surface area contributed by atoms with Crippen LogP contribution in [0.3, 0.4) is 0 Å². The summed E-state index contributed by atoms with van der Waals surface area (Å²) in [5, 5.41) is 3.36. The molecule has 1 amide bonds. The molecule has 1 fully saturated rings. The zero-order chi connectivity index (χ0) is 13.3. The summed E-state index contributed by atoms with van der Waals surface area (Å²) in [7, 11) is 0. The molecule has 2 rings (SSSR count). The molecule has 3 N–H and O–H groups in total. The molecule has 98 valence electrons. The first-order valence-corrected chi connectivity index (χ1v) is 6.32. The Balaban J connectivity index is 2.29. The number of nitrogens with two attached hydrogens (primary N) is 1. The van der Waals surface area contributed by atoms with Gasteiger partial charge in [0.2, 0.25) is 5.91 Å². The fourth-order valence-electron chi connectivity index (χ4n) is 1.88. The number of amides is 1. The lowest BCUT2D eigenvalue weighted by Crippen LogP contribution is -2.51. The van der Waals surface area contributed by atoms with E-state index in [1.54, 1.807) is 6.92 Å². The first-order chi connectivity index (χ1) is 8.43. The van der Waals surface area contributed by atoms with Gasteiger partial charge >= 0.3 is 0 Å². The monoisotopic (exact) mass is 270 g/mol. The van der Waals surface area contributed by atoms with E-state index in [1.807, 2.05) is 0 Å². The van der Waals surface area contributed by atoms with Crippen LogP contribution in [-0.2, 0) is 10.3 Å². The second-order valence-electron chi connectivity index (χ2n) is 4.94. The molecule has 0 aliphatic heterocycles. The molecule has 1 unspecified atom stereocenters. The minimum atomic E-state index is -1.06. The van der Waals surface area contributed by atoms with Crippen LogP contribution in [0.5, 0.6) is 0 Å². The number of halogens is 2. The van der Waals surface area contributed by atoms with Gasteiger partial charge in [-0.1, -0.05) is 17.7 Å². The second kappa shape index (κ2) is 4.86. The van der Waals surface area contributed by atoms with Crippen LogP contribution in [-0.4, -0.2) is 12.5 Å². The van der Waals surface area contributed by atoms with E-state index in [4.69, 9.17) is 17.3 Å². The highest BCUT2D eigenvalue weighted by Gasteiger charge is 2.36. The number of benzene rings is 1. The maximum atomic E-state index is 13.0. The lowest BCUT2D eigenvalue weighted by atomic mass is 9.91. The van der Waals surface area contributed by atoms with Crippen LogP contribution in [0.4, 0.5) is 4.39 Å². The van der Waals surface area contributed by atoms with E-state index in [0.717, 1.165) is 0 Å². The molecule has 3 nitrogen and oxygen atoms in total. The number of carbonyl (C=O) groups excluding carboxylic acids is 1. The molecule has 1 aromatic rings. The first kappa shape index (κ1) is 13.3. The number of rotatable bonds is 5. The molecule has 0 spiro atoms. The van der Waals surface area contributed by atoms with Gasteiger partial charge in [0.25, 0.3) is 0 Å². The van der Waals surface area contributed by atoms with Crippen molar-refractivity contribution in [3.63, 3.8) is 0 Å². The fraction of sp³-hybridized carbons (Fsp3) is 0.462. The maximum Gasteiger partial charge on any atom is 0.242 e. The van der Waals surface area contributed by atoms with Crippen molar-refractivity contribution in [3.05, 3.63) is 34.6 Å². The molecular formula is C13H16ClFN2O. The fourth-order valence-corrected chi connectivity index (χ4v) is 2.24. The Hall–Kier alpha value is -1.13. The summed E-state index contributed by atoms with van der Waals surface area (Å²) in [6, 6.07) is 3.97. The van der Waals surface area contributed by atoms with Crippen molar-refractivity contribution in [1.29, 1.82) is 0 Å². The van der Waals surface area contributed by atoms with Crippen LogP contribution < -0.4 is 11.1 Å². The molecular weight excluding hydrogens is 255 g/mol. The van der Waals surface area contributed by atoms with Crippen LogP contribution >= 0.6 is 11.6 Å². The van der Waals surface area contributed by atoms with Gasteiger partial charge in [-0.25, -0.2) is 4.39 Å². The summed E-state index contributed by atoms with van der Waals surface area (Å²) in [5.41, 5.74) is 4.91. The van der Waals surface area contributed by atoms with Crippen molar-refractivity contribution in [2.75, 3.05) is 6.54 Å². The highest BCUT2D eigenvalue weighted by molar-refractivity contribution is 6.31. The minimum absolute atomic E-state index is 0.208. The number of hydrogen-bond acceptors (Lipinski definition) is 2. The lowest BCUT2D eigenvalue weighted by molar-refractivity contribution is -0.124. The smallest absolute Gasteiger partial charge is 0.242 e. The van der Waals surface area contributed by atoms with Gasteiger partial charge in [-0.05, 0) is 44.4 Å². The molecule has 0 aromatic heterocycles. The van der Waals surface area contributed by atoms with E-state index in [2.05, 4.69) is 5.32 Å². The lowest BCUT2D eigenvalue weighted by Gasteiger charge is -2.29. The standard InChI is InChI=1S/C13H16ClFN2O/c1-13(12(16)18,17-7-8-2-3-8)10-5-4-9(15)6-11(10)14/h4-6,8,17H,2-3,7H2,1H3,(H2,16,18). The predicted molar refractivity (Wildman–Crippen MR) is 68.7 cm³/mol. The zero-order valence-electron chi connectivity index (χ0n) is 10.2. The topological polar surface area (TPSA) is 55.1 Å². The molecule has 1 atom stereocenters. The van der Waals surface area contributed by atoms with Gasteiger partial charge in [0.15, 0.2) is 0 Å². The van der Waals surface area contributed by atoms with Crippen molar-refractivity contribution in [2.45, 2.75) is 25.3 Å². The normalized spacial score (nSPS) is 18.4. The number of nitrogens with one attached hydrogen (secondary N) is 1. The van der Waals surface area contributed by atoms with Crippen LogP contribution in [0.25, 0.3) is 0 Å². The van der Waals surface area contributed by atoms with Gasteiger partial charge in [0.05, 0.1) is 0 Å². The van der Waals surface area contributed by atoms with E-state index in [-0.39, 0.29) is 5.02 Å². The van der Waals surface area contributed by atoms with E-state index < -0.39 is 17.3 Å². The van der Waals surface area contributed by atoms with Crippen LogP contribution in [0.15, 0.2) is 18.2 Å². The number of carbonyl (C=O) groups is 1. The second-order valence-corrected chi connectivity index (χ2v) is 5.34. The molecule has 5 heteroatoms. The summed E-state index contributed by atoms with van der Waals surface area (Å²) < 4.78 is 13.0. The van der Waals surface area contributed by atoms with Gasteiger partial charge in [0, 0.05) is 10.6 Å². The Morgan fingerprint density at radius 2 is 2.28 bits per heavy atom. The van der Waals surface area contributed by atoms with E-state index >= 15 is 0 Å². The maximum absolute atomic E-state index is 13.0. The third kappa shape index (κ3) is 2.65. The molecule has 1 aliphatic rings. The van der Waals surface area contributed by atoms with E-state index in [0.29, 0.717) is 18.0 Å². The Morgan fingerprint density at radius 3 is 2.78 bits per heavy atom.